The highest BCUT2D eigenvalue weighted by Gasteiger charge is 2.09. The highest BCUT2D eigenvalue weighted by molar-refractivity contribution is 5.89. The molecule has 1 heterocycles. The smallest absolute Gasteiger partial charge is 0.316 e. The summed E-state index contributed by atoms with van der Waals surface area (Å²) in [5.41, 5.74) is 5.74. The summed E-state index contributed by atoms with van der Waals surface area (Å²) in [4.78, 5) is 13.3. The number of piperazine rings is 1. The van der Waals surface area contributed by atoms with E-state index in [2.05, 4.69) is 15.5 Å². The Bertz CT molecular complexity index is 433. The van der Waals surface area contributed by atoms with Gasteiger partial charge in [0.05, 0.1) is 12.3 Å². The van der Waals surface area contributed by atoms with E-state index in [1.54, 1.807) is 6.07 Å². The minimum atomic E-state index is -0.582. The van der Waals surface area contributed by atoms with Crippen LogP contribution < -0.4 is 21.1 Å². The molecule has 1 saturated heterocycles. The predicted octanol–water partition coefficient (Wildman–Crippen LogP) is 0.851. The number of hydrogen-bond acceptors (Lipinski definition) is 4. The predicted molar refractivity (Wildman–Crippen MR) is 79.1 cm³/mol. The molecule has 0 aromatic heterocycles. The first-order chi connectivity index (χ1) is 9.75. The highest BCUT2D eigenvalue weighted by Crippen LogP contribution is 2.23. The molecule has 2 amide bonds. The first-order valence-electron chi connectivity index (χ1n) is 6.97. The van der Waals surface area contributed by atoms with Gasteiger partial charge in [0.1, 0.15) is 5.75 Å². The Morgan fingerprint density at radius 2 is 2.10 bits per heavy atom. The molecular weight excluding hydrogens is 256 g/mol. The van der Waals surface area contributed by atoms with E-state index in [1.807, 2.05) is 18.2 Å². The molecule has 0 atom stereocenters. The lowest BCUT2D eigenvalue weighted by Crippen LogP contribution is -2.43. The molecule has 0 bridgehead atoms. The van der Waals surface area contributed by atoms with Crippen molar-refractivity contribution in [3.05, 3.63) is 24.3 Å². The van der Waals surface area contributed by atoms with E-state index in [1.165, 1.54) is 0 Å². The first-order valence-corrected chi connectivity index (χ1v) is 6.97. The van der Waals surface area contributed by atoms with Crippen LogP contribution in [0.2, 0.25) is 0 Å². The van der Waals surface area contributed by atoms with Gasteiger partial charge in [0.25, 0.3) is 0 Å². The maximum Gasteiger partial charge on any atom is 0.316 e. The number of benzene rings is 1. The van der Waals surface area contributed by atoms with E-state index >= 15 is 0 Å². The van der Waals surface area contributed by atoms with Crippen molar-refractivity contribution in [2.24, 2.45) is 5.73 Å². The molecule has 0 saturated carbocycles. The molecule has 2 rings (SSSR count). The SMILES string of the molecule is NC(=O)Nc1ccccc1OCCCN1CCNCC1. The van der Waals surface area contributed by atoms with E-state index in [9.17, 15) is 4.79 Å². The normalized spacial score (nSPS) is 15.8. The second-order valence-electron chi connectivity index (χ2n) is 4.78. The molecule has 0 unspecified atom stereocenters. The fourth-order valence-corrected chi connectivity index (χ4v) is 2.23. The summed E-state index contributed by atoms with van der Waals surface area (Å²) in [6, 6.07) is 6.73. The average molecular weight is 278 g/mol. The topological polar surface area (TPSA) is 79.6 Å². The summed E-state index contributed by atoms with van der Waals surface area (Å²) >= 11 is 0. The number of nitrogens with one attached hydrogen (secondary N) is 2. The summed E-state index contributed by atoms with van der Waals surface area (Å²) in [5.74, 6) is 0.659. The van der Waals surface area contributed by atoms with Gasteiger partial charge in [-0.2, -0.15) is 0 Å². The number of ether oxygens (including phenoxy) is 1. The van der Waals surface area contributed by atoms with Crippen molar-refractivity contribution < 1.29 is 9.53 Å². The number of para-hydroxylation sites is 2. The van der Waals surface area contributed by atoms with Gasteiger partial charge in [0.15, 0.2) is 0 Å². The molecule has 1 aliphatic heterocycles. The molecule has 4 N–H and O–H groups in total. The monoisotopic (exact) mass is 278 g/mol. The number of nitrogens with zero attached hydrogens (tertiary/aromatic N) is 1. The van der Waals surface area contributed by atoms with Crippen LogP contribution in [0.1, 0.15) is 6.42 Å². The van der Waals surface area contributed by atoms with Crippen molar-refractivity contribution in [3.8, 4) is 5.75 Å². The molecule has 0 aliphatic carbocycles. The number of nitrogens with two attached hydrogens (primary N) is 1. The molecule has 20 heavy (non-hydrogen) atoms. The summed E-state index contributed by atoms with van der Waals surface area (Å²) in [7, 11) is 0. The third kappa shape index (κ3) is 4.71. The number of rotatable bonds is 6. The standard InChI is InChI=1S/C14H22N4O2/c15-14(19)17-12-4-1-2-5-13(12)20-11-3-8-18-9-6-16-7-10-18/h1-2,4-5,16H,3,6-11H2,(H3,15,17,19). The van der Waals surface area contributed by atoms with Crippen LogP contribution >= 0.6 is 0 Å². The van der Waals surface area contributed by atoms with E-state index in [0.717, 1.165) is 39.1 Å². The number of amides is 2. The van der Waals surface area contributed by atoms with Crippen molar-refractivity contribution in [1.29, 1.82) is 0 Å². The van der Waals surface area contributed by atoms with Crippen molar-refractivity contribution in [2.75, 3.05) is 44.6 Å². The number of carbonyl (C=O) groups is 1. The summed E-state index contributed by atoms with van der Waals surface area (Å²) < 4.78 is 5.72. The van der Waals surface area contributed by atoms with E-state index < -0.39 is 6.03 Å². The van der Waals surface area contributed by atoms with Crippen LogP contribution in [0.25, 0.3) is 0 Å². The molecule has 0 radical (unpaired) electrons. The van der Waals surface area contributed by atoms with Gasteiger partial charge in [-0.3, -0.25) is 0 Å². The Hall–Kier alpha value is -1.79. The maximum absolute atomic E-state index is 10.9. The van der Waals surface area contributed by atoms with Crippen LogP contribution in [-0.4, -0.2) is 50.3 Å². The number of hydrogen-bond donors (Lipinski definition) is 3. The van der Waals surface area contributed by atoms with Gasteiger partial charge in [-0.15, -0.1) is 0 Å². The summed E-state index contributed by atoms with van der Waals surface area (Å²) in [6.07, 6.45) is 0.963. The van der Waals surface area contributed by atoms with Gasteiger partial charge >= 0.3 is 6.03 Å². The lowest BCUT2D eigenvalue weighted by atomic mass is 10.3. The van der Waals surface area contributed by atoms with Gasteiger partial charge in [0, 0.05) is 32.7 Å². The molecule has 6 heteroatoms. The zero-order chi connectivity index (χ0) is 14.2. The number of carbonyl (C=O) groups excluding carboxylic acids is 1. The Morgan fingerprint density at radius 1 is 1.35 bits per heavy atom. The van der Waals surface area contributed by atoms with Gasteiger partial charge in [-0.1, -0.05) is 12.1 Å². The van der Waals surface area contributed by atoms with Crippen molar-refractivity contribution in [3.63, 3.8) is 0 Å². The number of anilines is 1. The number of primary amides is 1. The van der Waals surface area contributed by atoms with Crippen molar-refractivity contribution in [2.45, 2.75) is 6.42 Å². The maximum atomic E-state index is 10.9. The van der Waals surface area contributed by atoms with Crippen LogP contribution in [0.4, 0.5) is 10.5 Å². The van der Waals surface area contributed by atoms with Gasteiger partial charge in [-0.05, 0) is 18.6 Å². The zero-order valence-corrected chi connectivity index (χ0v) is 11.6. The first kappa shape index (κ1) is 14.6. The molecule has 1 fully saturated rings. The van der Waals surface area contributed by atoms with Crippen LogP contribution in [0, 0.1) is 0 Å². The quantitative estimate of drug-likeness (QED) is 0.674. The van der Waals surface area contributed by atoms with Crippen LogP contribution in [0.15, 0.2) is 24.3 Å². The second kappa shape index (κ2) is 7.72. The second-order valence-corrected chi connectivity index (χ2v) is 4.78. The minimum Gasteiger partial charge on any atom is -0.491 e. The van der Waals surface area contributed by atoms with Gasteiger partial charge < -0.3 is 26.0 Å². The van der Waals surface area contributed by atoms with E-state index in [4.69, 9.17) is 10.5 Å². The molecule has 0 spiro atoms. The Morgan fingerprint density at radius 3 is 2.85 bits per heavy atom. The lowest BCUT2D eigenvalue weighted by Gasteiger charge is -2.27. The minimum absolute atomic E-state index is 0.582. The largest absolute Gasteiger partial charge is 0.491 e. The molecule has 1 aromatic carbocycles. The summed E-state index contributed by atoms with van der Waals surface area (Å²) in [5, 5.41) is 5.89. The molecule has 110 valence electrons. The molecule has 1 aliphatic rings. The highest BCUT2D eigenvalue weighted by atomic mass is 16.5. The van der Waals surface area contributed by atoms with Crippen LogP contribution in [0.3, 0.4) is 0 Å². The number of urea groups is 1. The van der Waals surface area contributed by atoms with Crippen LogP contribution in [0.5, 0.6) is 5.75 Å². The zero-order valence-electron chi connectivity index (χ0n) is 11.6. The Balaban J connectivity index is 1.74. The molecule has 6 nitrogen and oxygen atoms in total. The fraction of sp³-hybridized carbons (Fsp3) is 0.500. The summed E-state index contributed by atoms with van der Waals surface area (Å²) in [6.45, 7) is 5.98. The van der Waals surface area contributed by atoms with Crippen molar-refractivity contribution in [1.82, 2.24) is 10.2 Å². The third-order valence-electron chi connectivity index (χ3n) is 3.23. The third-order valence-corrected chi connectivity index (χ3v) is 3.23. The fourth-order valence-electron chi connectivity index (χ4n) is 2.23. The Kier molecular flexibility index (Phi) is 5.64. The lowest BCUT2D eigenvalue weighted by molar-refractivity contribution is 0.214. The van der Waals surface area contributed by atoms with E-state index in [-0.39, 0.29) is 0 Å². The van der Waals surface area contributed by atoms with E-state index in [0.29, 0.717) is 18.0 Å². The Labute approximate surface area is 119 Å². The molecule has 1 aromatic rings. The average Bonchev–Trinajstić information content (AvgIpc) is 2.46. The van der Waals surface area contributed by atoms with Crippen molar-refractivity contribution >= 4 is 11.7 Å². The molecular formula is C14H22N4O2. The van der Waals surface area contributed by atoms with Gasteiger partial charge in [0.2, 0.25) is 0 Å². The van der Waals surface area contributed by atoms with Crippen LogP contribution in [-0.2, 0) is 0 Å². The van der Waals surface area contributed by atoms with Gasteiger partial charge in [-0.25, -0.2) is 4.79 Å².